The molecule has 0 aliphatic carbocycles. The van der Waals surface area contributed by atoms with E-state index in [1.54, 1.807) is 18.2 Å². The molecule has 1 heterocycles. The van der Waals surface area contributed by atoms with Crippen LogP contribution in [0.25, 0.3) is 11.3 Å². The summed E-state index contributed by atoms with van der Waals surface area (Å²) in [5.41, 5.74) is 1.78. The molecule has 23 heavy (non-hydrogen) atoms. The molecule has 4 nitrogen and oxygen atoms in total. The summed E-state index contributed by atoms with van der Waals surface area (Å²) in [6.45, 7) is 0. The Bertz CT molecular complexity index is 867. The van der Waals surface area contributed by atoms with Crippen LogP contribution in [-0.4, -0.2) is 15.5 Å². The number of carbonyl (C=O) groups excluding carboxylic acids is 1. The molecule has 0 radical (unpaired) electrons. The summed E-state index contributed by atoms with van der Waals surface area (Å²) < 4.78 is 4.83. The van der Waals surface area contributed by atoms with Crippen LogP contribution in [0.4, 0.5) is 5.69 Å². The van der Waals surface area contributed by atoms with Crippen LogP contribution in [0.5, 0.6) is 0 Å². The third-order valence-corrected chi connectivity index (χ3v) is 5.08. The van der Waals surface area contributed by atoms with Crippen molar-refractivity contribution in [2.24, 2.45) is 0 Å². The molecule has 8 heteroatoms. The lowest BCUT2D eigenvalue weighted by molar-refractivity contribution is 0.103. The van der Waals surface area contributed by atoms with Crippen LogP contribution >= 0.6 is 50.7 Å². The molecule has 3 aromatic rings. The number of benzene rings is 2. The Morgan fingerprint density at radius 3 is 2.61 bits per heavy atom. The van der Waals surface area contributed by atoms with Gasteiger partial charge in [0.25, 0.3) is 5.91 Å². The van der Waals surface area contributed by atoms with Crippen LogP contribution in [0.15, 0.2) is 46.9 Å². The highest BCUT2D eigenvalue weighted by molar-refractivity contribution is 9.10. The summed E-state index contributed by atoms with van der Waals surface area (Å²) in [6.07, 6.45) is 0. The maximum absolute atomic E-state index is 12.5. The second-order valence-corrected chi connectivity index (χ2v) is 6.97. The lowest BCUT2D eigenvalue weighted by Crippen LogP contribution is -2.11. The molecule has 0 unspecified atom stereocenters. The number of rotatable bonds is 3. The minimum Gasteiger partial charge on any atom is -0.320 e. The fourth-order valence-corrected chi connectivity index (χ4v) is 3.11. The van der Waals surface area contributed by atoms with E-state index >= 15 is 0 Å². The van der Waals surface area contributed by atoms with E-state index in [2.05, 4.69) is 30.8 Å². The van der Waals surface area contributed by atoms with Gasteiger partial charge in [0.15, 0.2) is 0 Å². The van der Waals surface area contributed by atoms with E-state index in [1.165, 1.54) is 0 Å². The van der Waals surface area contributed by atoms with Crippen molar-refractivity contribution in [3.05, 3.63) is 61.9 Å². The van der Waals surface area contributed by atoms with Gasteiger partial charge in [-0.1, -0.05) is 61.8 Å². The summed E-state index contributed by atoms with van der Waals surface area (Å²) >= 11 is 16.4. The standard InChI is InChI=1S/C15H8BrCl2N3OS/c16-9-6-4-8(5-7-9)13-14(23-21-20-13)15(22)19-11-3-1-2-10(17)12(11)18/h1-7H,(H,19,22). The van der Waals surface area contributed by atoms with Crippen LogP contribution < -0.4 is 5.32 Å². The van der Waals surface area contributed by atoms with Crippen LogP contribution in [0.3, 0.4) is 0 Å². The molecule has 116 valence electrons. The molecular weight excluding hydrogens is 421 g/mol. The average Bonchev–Trinajstić information content (AvgIpc) is 3.02. The Hall–Kier alpha value is -1.47. The first-order valence-corrected chi connectivity index (χ1v) is 8.72. The van der Waals surface area contributed by atoms with Crippen LogP contribution in [-0.2, 0) is 0 Å². The molecule has 0 bridgehead atoms. The second-order valence-electron chi connectivity index (χ2n) is 4.51. The van der Waals surface area contributed by atoms with Gasteiger partial charge in [0.1, 0.15) is 10.6 Å². The van der Waals surface area contributed by atoms with E-state index in [9.17, 15) is 4.79 Å². The minimum atomic E-state index is -0.331. The zero-order valence-corrected chi connectivity index (χ0v) is 15.3. The molecule has 0 atom stereocenters. The summed E-state index contributed by atoms with van der Waals surface area (Å²) in [5.74, 6) is -0.331. The van der Waals surface area contributed by atoms with E-state index < -0.39 is 0 Å². The van der Waals surface area contributed by atoms with Crippen molar-refractivity contribution < 1.29 is 4.79 Å². The van der Waals surface area contributed by atoms with Crippen molar-refractivity contribution in [3.8, 4) is 11.3 Å². The Kier molecular flexibility index (Phi) is 4.96. The molecule has 0 spiro atoms. The molecule has 1 N–H and O–H groups in total. The van der Waals surface area contributed by atoms with E-state index in [-0.39, 0.29) is 5.91 Å². The third kappa shape index (κ3) is 3.55. The lowest BCUT2D eigenvalue weighted by Gasteiger charge is -2.07. The van der Waals surface area contributed by atoms with Gasteiger partial charge in [-0.3, -0.25) is 4.79 Å². The number of hydrogen-bond acceptors (Lipinski definition) is 4. The van der Waals surface area contributed by atoms with Crippen LogP contribution in [0, 0.1) is 0 Å². The molecule has 0 saturated heterocycles. The molecule has 1 aromatic heterocycles. The van der Waals surface area contributed by atoms with Gasteiger partial charge in [0.05, 0.1) is 15.7 Å². The third-order valence-electron chi connectivity index (χ3n) is 3.01. The van der Waals surface area contributed by atoms with Crippen molar-refractivity contribution in [1.82, 2.24) is 9.59 Å². The smallest absolute Gasteiger partial charge is 0.269 e. The van der Waals surface area contributed by atoms with Gasteiger partial charge in [-0.2, -0.15) is 0 Å². The highest BCUT2D eigenvalue weighted by Crippen LogP contribution is 2.31. The molecular formula is C15H8BrCl2N3OS. The largest absolute Gasteiger partial charge is 0.320 e. The van der Waals surface area contributed by atoms with Gasteiger partial charge in [-0.25, -0.2) is 0 Å². The topological polar surface area (TPSA) is 54.9 Å². The molecule has 3 rings (SSSR count). The molecule has 0 fully saturated rings. The van der Waals surface area contributed by atoms with Crippen molar-refractivity contribution in [1.29, 1.82) is 0 Å². The van der Waals surface area contributed by atoms with Crippen molar-refractivity contribution in [2.75, 3.05) is 5.32 Å². The van der Waals surface area contributed by atoms with E-state index in [0.717, 1.165) is 21.6 Å². The first kappa shape index (κ1) is 16.4. The fraction of sp³-hybridized carbons (Fsp3) is 0. The van der Waals surface area contributed by atoms with E-state index in [0.29, 0.717) is 26.3 Å². The summed E-state index contributed by atoms with van der Waals surface area (Å²) in [5, 5.41) is 7.46. The van der Waals surface area contributed by atoms with Crippen molar-refractivity contribution in [3.63, 3.8) is 0 Å². The number of anilines is 1. The van der Waals surface area contributed by atoms with Gasteiger partial charge in [-0.15, -0.1) is 5.10 Å². The summed E-state index contributed by atoms with van der Waals surface area (Å²) in [6, 6.07) is 12.5. The number of nitrogens with one attached hydrogen (secondary N) is 1. The van der Waals surface area contributed by atoms with Gasteiger partial charge >= 0.3 is 0 Å². The number of nitrogens with zero attached hydrogens (tertiary/aromatic N) is 2. The first-order chi connectivity index (χ1) is 11.1. The van der Waals surface area contributed by atoms with E-state index in [4.69, 9.17) is 23.2 Å². The van der Waals surface area contributed by atoms with Crippen LogP contribution in [0.2, 0.25) is 10.0 Å². The number of carbonyl (C=O) groups is 1. The number of halogens is 3. The Morgan fingerprint density at radius 2 is 1.87 bits per heavy atom. The van der Waals surface area contributed by atoms with Gasteiger partial charge in [0.2, 0.25) is 0 Å². The summed E-state index contributed by atoms with van der Waals surface area (Å²) in [7, 11) is 0. The number of amides is 1. The summed E-state index contributed by atoms with van der Waals surface area (Å²) in [4.78, 5) is 12.9. The Balaban J connectivity index is 1.91. The van der Waals surface area contributed by atoms with Gasteiger partial charge in [-0.05, 0) is 35.8 Å². The molecule has 1 amide bonds. The van der Waals surface area contributed by atoms with E-state index in [1.807, 2.05) is 24.3 Å². The van der Waals surface area contributed by atoms with Gasteiger partial charge < -0.3 is 5.32 Å². The Morgan fingerprint density at radius 1 is 1.13 bits per heavy atom. The molecule has 2 aromatic carbocycles. The molecule has 0 saturated carbocycles. The zero-order valence-electron chi connectivity index (χ0n) is 11.4. The first-order valence-electron chi connectivity index (χ1n) is 6.40. The minimum absolute atomic E-state index is 0.296. The average molecular weight is 429 g/mol. The van der Waals surface area contributed by atoms with Crippen molar-refractivity contribution in [2.45, 2.75) is 0 Å². The number of hydrogen-bond donors (Lipinski definition) is 1. The maximum atomic E-state index is 12.5. The second kappa shape index (κ2) is 6.97. The normalized spacial score (nSPS) is 10.6. The quantitative estimate of drug-likeness (QED) is 0.596. The van der Waals surface area contributed by atoms with Crippen LogP contribution in [0.1, 0.15) is 9.67 Å². The zero-order chi connectivity index (χ0) is 16.4. The monoisotopic (exact) mass is 427 g/mol. The van der Waals surface area contributed by atoms with Crippen molar-refractivity contribution >= 4 is 62.3 Å². The highest BCUT2D eigenvalue weighted by Gasteiger charge is 2.19. The molecule has 0 aliphatic heterocycles. The fourth-order valence-electron chi connectivity index (χ4n) is 1.92. The highest BCUT2D eigenvalue weighted by atomic mass is 79.9. The predicted molar refractivity (Wildman–Crippen MR) is 97.5 cm³/mol. The SMILES string of the molecule is O=C(Nc1cccc(Cl)c1Cl)c1snnc1-c1ccc(Br)cc1. The maximum Gasteiger partial charge on any atom is 0.269 e. The van der Waals surface area contributed by atoms with Gasteiger partial charge in [0, 0.05) is 10.0 Å². The number of aromatic nitrogens is 2. The lowest BCUT2D eigenvalue weighted by atomic mass is 10.1. The Labute approximate surface area is 154 Å². The molecule has 0 aliphatic rings. The predicted octanol–water partition coefficient (Wildman–Crippen LogP) is 5.53.